The van der Waals surface area contributed by atoms with Crippen molar-refractivity contribution in [1.82, 2.24) is 10.2 Å². The van der Waals surface area contributed by atoms with Gasteiger partial charge in [-0.1, -0.05) is 67.4 Å². The summed E-state index contributed by atoms with van der Waals surface area (Å²) >= 11 is 12.1. The Morgan fingerprint density at radius 3 is 2.12 bits per heavy atom. The van der Waals surface area contributed by atoms with E-state index in [0.29, 0.717) is 13.0 Å². The van der Waals surface area contributed by atoms with Crippen LogP contribution in [0.3, 0.4) is 0 Å². The monoisotopic (exact) mass is 527 g/mol. The van der Waals surface area contributed by atoms with Gasteiger partial charge in [0.2, 0.25) is 21.8 Å². The number of rotatable bonds is 11. The first kappa shape index (κ1) is 28.0. The molecule has 2 aromatic carbocycles. The third kappa shape index (κ3) is 8.49. The van der Waals surface area contributed by atoms with Crippen molar-refractivity contribution in [2.45, 2.75) is 33.2 Å². The molecule has 1 atom stereocenters. The number of nitrogens with one attached hydrogen (secondary N) is 1. The van der Waals surface area contributed by atoms with Crippen LogP contribution < -0.4 is 9.62 Å². The van der Waals surface area contributed by atoms with Crippen molar-refractivity contribution >= 4 is 50.7 Å². The first-order chi connectivity index (χ1) is 15.9. The van der Waals surface area contributed by atoms with E-state index in [1.54, 1.807) is 6.92 Å². The largest absolute Gasteiger partial charge is 0.354 e. The fourth-order valence-corrected chi connectivity index (χ4v) is 4.67. The molecule has 7 nitrogen and oxygen atoms in total. The Kier molecular flexibility index (Phi) is 10.2. The normalized spacial score (nSPS) is 12.3. The molecule has 0 aliphatic heterocycles. The van der Waals surface area contributed by atoms with Gasteiger partial charge in [0.25, 0.3) is 0 Å². The Bertz CT molecular complexity index is 1070. The maximum absolute atomic E-state index is 13.4. The van der Waals surface area contributed by atoms with Crippen LogP contribution in [0.25, 0.3) is 0 Å². The minimum atomic E-state index is -3.85. The van der Waals surface area contributed by atoms with E-state index in [-0.39, 0.29) is 34.1 Å². The first-order valence-electron chi connectivity index (χ1n) is 10.9. The molecule has 0 saturated carbocycles. The van der Waals surface area contributed by atoms with Crippen molar-refractivity contribution in [3.63, 3.8) is 0 Å². The van der Waals surface area contributed by atoms with Gasteiger partial charge >= 0.3 is 0 Å². The molecule has 0 saturated heterocycles. The number of carbonyl (C=O) groups is 2. The standard InChI is InChI=1S/C24H31Cl2N3O4S/c1-17(2)15-27-24(31)18(3)28(11-10-19-8-6-5-7-9-19)23(30)16-29(34(4,32)33)22-13-20(25)12-21(26)14-22/h5-9,12-14,17-18H,10-11,15-16H2,1-4H3,(H,27,31). The van der Waals surface area contributed by atoms with E-state index in [1.165, 1.54) is 23.1 Å². The van der Waals surface area contributed by atoms with Gasteiger partial charge in [-0.05, 0) is 43.0 Å². The number of carbonyl (C=O) groups excluding carboxylic acids is 2. The second-order valence-corrected chi connectivity index (χ2v) is 11.3. The summed E-state index contributed by atoms with van der Waals surface area (Å²) in [6.07, 6.45) is 1.51. The van der Waals surface area contributed by atoms with Crippen LogP contribution in [0.5, 0.6) is 0 Å². The Hall–Kier alpha value is -2.29. The lowest BCUT2D eigenvalue weighted by Gasteiger charge is -2.31. The quantitative estimate of drug-likeness (QED) is 0.478. The van der Waals surface area contributed by atoms with Gasteiger partial charge in [0.1, 0.15) is 12.6 Å². The number of benzene rings is 2. The molecule has 0 aromatic heterocycles. The first-order valence-corrected chi connectivity index (χ1v) is 13.5. The molecule has 34 heavy (non-hydrogen) atoms. The molecule has 0 aliphatic carbocycles. The topological polar surface area (TPSA) is 86.8 Å². The lowest BCUT2D eigenvalue weighted by Crippen LogP contribution is -2.52. The third-order valence-electron chi connectivity index (χ3n) is 5.15. The molecule has 0 bridgehead atoms. The van der Waals surface area contributed by atoms with E-state index in [1.807, 2.05) is 44.2 Å². The highest BCUT2D eigenvalue weighted by atomic mass is 35.5. The van der Waals surface area contributed by atoms with Crippen molar-refractivity contribution in [3.05, 3.63) is 64.1 Å². The van der Waals surface area contributed by atoms with Crippen molar-refractivity contribution in [2.75, 3.05) is 30.2 Å². The van der Waals surface area contributed by atoms with Crippen LogP contribution in [0.15, 0.2) is 48.5 Å². The maximum Gasteiger partial charge on any atom is 0.244 e. The Morgan fingerprint density at radius 2 is 1.59 bits per heavy atom. The molecule has 1 unspecified atom stereocenters. The highest BCUT2D eigenvalue weighted by Crippen LogP contribution is 2.27. The van der Waals surface area contributed by atoms with Gasteiger partial charge in [-0.25, -0.2) is 8.42 Å². The Labute approximate surface area is 212 Å². The molecule has 0 fully saturated rings. The summed E-state index contributed by atoms with van der Waals surface area (Å²) in [6, 6.07) is 13.1. The van der Waals surface area contributed by atoms with E-state index >= 15 is 0 Å². The van der Waals surface area contributed by atoms with Crippen LogP contribution in [-0.2, 0) is 26.0 Å². The number of hydrogen-bond donors (Lipinski definition) is 1. The smallest absolute Gasteiger partial charge is 0.244 e. The van der Waals surface area contributed by atoms with Crippen LogP contribution in [0.2, 0.25) is 10.0 Å². The number of amides is 2. The number of hydrogen-bond acceptors (Lipinski definition) is 4. The van der Waals surface area contributed by atoms with Gasteiger partial charge in [-0.3, -0.25) is 13.9 Å². The zero-order chi connectivity index (χ0) is 25.5. The Morgan fingerprint density at radius 1 is 1.00 bits per heavy atom. The zero-order valence-corrected chi connectivity index (χ0v) is 22.1. The summed E-state index contributed by atoms with van der Waals surface area (Å²) in [6.45, 7) is 5.81. The van der Waals surface area contributed by atoms with Crippen molar-refractivity contribution in [2.24, 2.45) is 5.92 Å². The van der Waals surface area contributed by atoms with Crippen molar-refractivity contribution in [3.8, 4) is 0 Å². The molecular formula is C24H31Cl2N3O4S. The predicted octanol–water partition coefficient (Wildman–Crippen LogP) is 3.99. The molecule has 2 amide bonds. The molecule has 186 valence electrons. The summed E-state index contributed by atoms with van der Waals surface area (Å²) in [4.78, 5) is 27.6. The molecule has 0 radical (unpaired) electrons. The van der Waals surface area contributed by atoms with Gasteiger partial charge in [-0.2, -0.15) is 0 Å². The number of sulfonamides is 1. The zero-order valence-electron chi connectivity index (χ0n) is 19.8. The fourth-order valence-electron chi connectivity index (χ4n) is 3.32. The summed E-state index contributed by atoms with van der Waals surface area (Å²) in [5.74, 6) is -0.561. The van der Waals surface area contributed by atoms with Gasteiger partial charge in [0.15, 0.2) is 0 Å². The number of anilines is 1. The molecule has 0 aliphatic rings. The third-order valence-corrected chi connectivity index (χ3v) is 6.73. The number of nitrogens with zero attached hydrogens (tertiary/aromatic N) is 2. The van der Waals surface area contributed by atoms with Crippen LogP contribution in [0.1, 0.15) is 26.3 Å². The highest BCUT2D eigenvalue weighted by Gasteiger charge is 2.30. The summed E-state index contributed by atoms with van der Waals surface area (Å²) < 4.78 is 26.1. The van der Waals surface area contributed by atoms with E-state index in [0.717, 1.165) is 16.1 Å². The predicted molar refractivity (Wildman–Crippen MR) is 138 cm³/mol. The molecule has 2 aromatic rings. The molecule has 2 rings (SSSR count). The molecule has 10 heteroatoms. The van der Waals surface area contributed by atoms with Crippen molar-refractivity contribution < 1.29 is 18.0 Å². The van der Waals surface area contributed by atoms with Crippen LogP contribution in [-0.4, -0.2) is 57.1 Å². The Balaban J connectivity index is 2.32. The van der Waals surface area contributed by atoms with Crippen LogP contribution >= 0.6 is 23.2 Å². The fraction of sp³-hybridized carbons (Fsp3) is 0.417. The van der Waals surface area contributed by atoms with E-state index in [4.69, 9.17) is 23.2 Å². The van der Waals surface area contributed by atoms with Crippen LogP contribution in [0.4, 0.5) is 5.69 Å². The number of halogens is 2. The van der Waals surface area contributed by atoms with Gasteiger partial charge in [0.05, 0.1) is 11.9 Å². The summed E-state index contributed by atoms with van der Waals surface area (Å²) in [7, 11) is -3.85. The van der Waals surface area contributed by atoms with Gasteiger partial charge < -0.3 is 10.2 Å². The molecule has 0 heterocycles. The average Bonchev–Trinajstić information content (AvgIpc) is 2.74. The molecule has 1 N–H and O–H groups in total. The lowest BCUT2D eigenvalue weighted by atomic mass is 10.1. The summed E-state index contributed by atoms with van der Waals surface area (Å²) in [5, 5.41) is 3.33. The average molecular weight is 529 g/mol. The maximum atomic E-state index is 13.4. The summed E-state index contributed by atoms with van der Waals surface area (Å²) in [5.41, 5.74) is 1.17. The minimum absolute atomic E-state index is 0.174. The minimum Gasteiger partial charge on any atom is -0.354 e. The van der Waals surface area contributed by atoms with E-state index in [9.17, 15) is 18.0 Å². The van der Waals surface area contributed by atoms with Crippen molar-refractivity contribution in [1.29, 1.82) is 0 Å². The van der Waals surface area contributed by atoms with E-state index in [2.05, 4.69) is 5.32 Å². The van der Waals surface area contributed by atoms with E-state index < -0.39 is 28.5 Å². The van der Waals surface area contributed by atoms with Gasteiger partial charge in [0, 0.05) is 23.1 Å². The van der Waals surface area contributed by atoms with Crippen LogP contribution in [0, 0.1) is 5.92 Å². The SMILES string of the molecule is CC(C)CNC(=O)C(C)N(CCc1ccccc1)C(=O)CN(c1cc(Cl)cc(Cl)c1)S(C)(=O)=O. The molecular weight excluding hydrogens is 497 g/mol. The second-order valence-electron chi connectivity index (χ2n) is 8.53. The molecule has 0 spiro atoms. The lowest BCUT2D eigenvalue weighted by molar-refractivity contribution is -0.138. The highest BCUT2D eigenvalue weighted by molar-refractivity contribution is 7.92. The second kappa shape index (κ2) is 12.4. The van der Waals surface area contributed by atoms with Gasteiger partial charge in [-0.15, -0.1) is 0 Å².